The third-order valence-electron chi connectivity index (χ3n) is 0.500. The maximum atomic E-state index is 4.50. The van der Waals surface area contributed by atoms with Gasteiger partial charge in [0.2, 0.25) is 0 Å². The zero-order valence-corrected chi connectivity index (χ0v) is 5.49. The van der Waals surface area contributed by atoms with Gasteiger partial charge in [0.1, 0.15) is 0 Å². The minimum atomic E-state index is 1.14. The summed E-state index contributed by atoms with van der Waals surface area (Å²) >= 11 is 0. The Labute approximate surface area is 46.1 Å². The van der Waals surface area contributed by atoms with Crippen molar-refractivity contribution in [3.05, 3.63) is 0 Å². The molecule has 0 fully saturated rings. The quantitative estimate of drug-likeness (QED) is 0.525. The Morgan fingerprint density at radius 2 is 1.86 bits per heavy atom. The molecule has 0 atom stereocenters. The summed E-state index contributed by atoms with van der Waals surface area (Å²) in [6.07, 6.45) is 1.23. The van der Waals surface area contributed by atoms with Crippen LogP contribution >= 0.6 is 0 Å². The average molecular weight is 104 g/mol. The minimum Gasteiger partial charge on any atom is -0.333 e. The first-order valence-electron chi connectivity index (χ1n) is 2.64. The van der Waals surface area contributed by atoms with Crippen molar-refractivity contribution in [3.63, 3.8) is 0 Å². The molecule has 0 aromatic carbocycles. The van der Waals surface area contributed by atoms with Crippen LogP contribution in [-0.4, -0.2) is 20.6 Å². The highest BCUT2D eigenvalue weighted by molar-refractivity contribution is 4.28. The summed E-state index contributed by atoms with van der Waals surface area (Å²) in [7, 11) is 3.46. The van der Waals surface area contributed by atoms with Crippen LogP contribution in [0.5, 0.6) is 0 Å². The molecule has 3 N–H and O–H groups in total. The molecular formula is C5H16N2. The SMILES string of the molecule is CCCNC.CN. The number of hydrogen-bond acceptors (Lipinski definition) is 2. The molecule has 0 aliphatic rings. The van der Waals surface area contributed by atoms with Gasteiger partial charge in [-0.2, -0.15) is 0 Å². The lowest BCUT2D eigenvalue weighted by atomic mass is 10.5. The highest BCUT2D eigenvalue weighted by Crippen LogP contribution is 1.62. The Morgan fingerprint density at radius 1 is 1.43 bits per heavy atom. The summed E-state index contributed by atoms with van der Waals surface area (Å²) < 4.78 is 0. The summed E-state index contributed by atoms with van der Waals surface area (Å²) in [6, 6.07) is 0. The Morgan fingerprint density at radius 3 is 1.86 bits per heavy atom. The second-order valence-corrected chi connectivity index (χ2v) is 1.10. The normalized spacial score (nSPS) is 6.86. The molecule has 0 spiro atoms. The van der Waals surface area contributed by atoms with E-state index in [1.807, 2.05) is 7.05 Å². The molecule has 0 aromatic rings. The fourth-order valence-corrected chi connectivity index (χ4v) is 0.250. The summed E-state index contributed by atoms with van der Waals surface area (Å²) in [5.74, 6) is 0. The lowest BCUT2D eigenvalue weighted by molar-refractivity contribution is 0.772. The van der Waals surface area contributed by atoms with Gasteiger partial charge in [-0.05, 0) is 27.1 Å². The highest BCUT2D eigenvalue weighted by atomic mass is 14.8. The molecule has 0 saturated heterocycles. The van der Waals surface area contributed by atoms with Gasteiger partial charge in [0.25, 0.3) is 0 Å². The van der Waals surface area contributed by atoms with Crippen LogP contribution in [0.15, 0.2) is 0 Å². The summed E-state index contributed by atoms with van der Waals surface area (Å²) in [5, 5.41) is 3.02. The van der Waals surface area contributed by atoms with Gasteiger partial charge >= 0.3 is 0 Å². The third kappa shape index (κ3) is 24.7. The fraction of sp³-hybridized carbons (Fsp3) is 1.00. The molecule has 0 saturated carbocycles. The number of hydrogen-bond donors (Lipinski definition) is 2. The van der Waals surface area contributed by atoms with E-state index in [0.29, 0.717) is 0 Å². The van der Waals surface area contributed by atoms with Crippen LogP contribution in [-0.2, 0) is 0 Å². The molecule has 0 heterocycles. The standard InChI is InChI=1S/C4H11N.CH5N/c1-3-4-5-2;1-2/h5H,3-4H2,1-2H3;2H2,1H3. The highest BCUT2D eigenvalue weighted by Gasteiger charge is 1.64. The van der Waals surface area contributed by atoms with Crippen LogP contribution in [0.2, 0.25) is 0 Å². The largest absolute Gasteiger partial charge is 0.333 e. The third-order valence-corrected chi connectivity index (χ3v) is 0.500. The summed E-state index contributed by atoms with van der Waals surface area (Å²) in [6.45, 7) is 3.29. The Bertz CT molecular complexity index is 13.6. The second-order valence-electron chi connectivity index (χ2n) is 1.10. The Hall–Kier alpha value is -0.0800. The van der Waals surface area contributed by atoms with Crippen LogP contribution in [0.1, 0.15) is 13.3 Å². The van der Waals surface area contributed by atoms with Crippen molar-refractivity contribution in [2.24, 2.45) is 5.73 Å². The van der Waals surface area contributed by atoms with Crippen molar-refractivity contribution in [2.75, 3.05) is 20.6 Å². The number of nitrogens with one attached hydrogen (secondary N) is 1. The van der Waals surface area contributed by atoms with E-state index >= 15 is 0 Å². The first-order valence-corrected chi connectivity index (χ1v) is 2.64. The van der Waals surface area contributed by atoms with Crippen LogP contribution in [0.25, 0.3) is 0 Å². The van der Waals surface area contributed by atoms with Crippen LogP contribution in [0.4, 0.5) is 0 Å². The molecule has 46 valence electrons. The molecule has 0 unspecified atom stereocenters. The monoisotopic (exact) mass is 104 g/mol. The van der Waals surface area contributed by atoms with E-state index in [9.17, 15) is 0 Å². The lowest BCUT2D eigenvalue weighted by Gasteiger charge is -1.84. The predicted octanol–water partition coefficient (Wildman–Crippen LogP) is 0.191. The molecule has 0 amide bonds. The van der Waals surface area contributed by atoms with Crippen LogP contribution < -0.4 is 11.1 Å². The van der Waals surface area contributed by atoms with Crippen LogP contribution in [0.3, 0.4) is 0 Å². The zero-order valence-electron chi connectivity index (χ0n) is 5.49. The molecule has 2 heteroatoms. The molecule has 0 bridgehead atoms. The predicted molar refractivity (Wildman–Crippen MR) is 34.3 cm³/mol. The summed E-state index contributed by atoms with van der Waals surface area (Å²) in [5.41, 5.74) is 4.50. The van der Waals surface area contributed by atoms with Crippen molar-refractivity contribution in [1.82, 2.24) is 5.32 Å². The van der Waals surface area contributed by atoms with Crippen molar-refractivity contribution >= 4 is 0 Å². The Balaban J connectivity index is 0. The number of nitrogens with two attached hydrogens (primary N) is 1. The maximum Gasteiger partial charge on any atom is -0.00546 e. The second kappa shape index (κ2) is 16.8. The lowest BCUT2D eigenvalue weighted by Crippen LogP contribution is -2.04. The smallest absolute Gasteiger partial charge is 0.00546 e. The van der Waals surface area contributed by atoms with Gasteiger partial charge in [0.15, 0.2) is 0 Å². The fourth-order valence-electron chi connectivity index (χ4n) is 0.250. The minimum absolute atomic E-state index is 1.14. The van der Waals surface area contributed by atoms with E-state index in [0.717, 1.165) is 6.54 Å². The molecule has 0 radical (unpaired) electrons. The molecule has 7 heavy (non-hydrogen) atoms. The molecule has 2 nitrogen and oxygen atoms in total. The van der Waals surface area contributed by atoms with Crippen molar-refractivity contribution < 1.29 is 0 Å². The molecule has 0 aliphatic carbocycles. The topological polar surface area (TPSA) is 38.0 Å². The van der Waals surface area contributed by atoms with Gasteiger partial charge in [-0.1, -0.05) is 6.92 Å². The van der Waals surface area contributed by atoms with E-state index in [2.05, 4.69) is 18.0 Å². The number of rotatable bonds is 2. The van der Waals surface area contributed by atoms with Gasteiger partial charge in [-0.15, -0.1) is 0 Å². The molecule has 0 aliphatic heterocycles. The maximum absolute atomic E-state index is 4.50. The van der Waals surface area contributed by atoms with E-state index in [-0.39, 0.29) is 0 Å². The molecule has 0 rings (SSSR count). The van der Waals surface area contributed by atoms with Gasteiger partial charge < -0.3 is 11.1 Å². The van der Waals surface area contributed by atoms with E-state index in [1.54, 1.807) is 0 Å². The molecular weight excluding hydrogens is 88.1 g/mol. The average Bonchev–Trinajstić information content (AvgIpc) is 1.75. The van der Waals surface area contributed by atoms with Gasteiger partial charge in [-0.25, -0.2) is 0 Å². The van der Waals surface area contributed by atoms with Crippen LogP contribution in [0, 0.1) is 0 Å². The van der Waals surface area contributed by atoms with E-state index < -0.39 is 0 Å². The van der Waals surface area contributed by atoms with Gasteiger partial charge in [0.05, 0.1) is 0 Å². The van der Waals surface area contributed by atoms with Crippen molar-refractivity contribution in [1.29, 1.82) is 0 Å². The van der Waals surface area contributed by atoms with Crippen molar-refractivity contribution in [2.45, 2.75) is 13.3 Å². The summed E-state index contributed by atoms with van der Waals surface area (Å²) in [4.78, 5) is 0. The Kier molecular flexibility index (Phi) is 24.1. The van der Waals surface area contributed by atoms with Gasteiger partial charge in [0, 0.05) is 0 Å². The molecule has 0 aromatic heterocycles. The first-order chi connectivity index (χ1) is 3.41. The van der Waals surface area contributed by atoms with Gasteiger partial charge in [-0.3, -0.25) is 0 Å². The van der Waals surface area contributed by atoms with E-state index in [1.165, 1.54) is 13.5 Å². The zero-order chi connectivity index (χ0) is 6.12. The van der Waals surface area contributed by atoms with Crippen molar-refractivity contribution in [3.8, 4) is 0 Å². The first kappa shape index (κ1) is 10.0. The van der Waals surface area contributed by atoms with E-state index in [4.69, 9.17) is 0 Å².